The molecule has 0 atom stereocenters. The fourth-order valence-electron chi connectivity index (χ4n) is 3.05. The van der Waals surface area contributed by atoms with E-state index in [2.05, 4.69) is 10.1 Å². The molecule has 0 unspecified atom stereocenters. The van der Waals surface area contributed by atoms with E-state index >= 15 is 0 Å². The van der Waals surface area contributed by atoms with Gasteiger partial charge in [0.25, 0.3) is 5.56 Å². The monoisotopic (exact) mass is 305 g/mol. The second kappa shape index (κ2) is 4.98. The van der Waals surface area contributed by atoms with Gasteiger partial charge >= 0.3 is 0 Å². The largest absolute Gasteiger partial charge is 0.360 e. The van der Waals surface area contributed by atoms with Gasteiger partial charge in [-0.05, 0) is 13.0 Å². The fourth-order valence-corrected chi connectivity index (χ4v) is 3.05. The van der Waals surface area contributed by atoms with Crippen LogP contribution < -0.4 is 5.56 Å². The van der Waals surface area contributed by atoms with E-state index in [1.165, 1.54) is 0 Å². The number of pyridine rings is 1. The lowest BCUT2D eigenvalue weighted by Gasteiger charge is -2.01. The zero-order valence-corrected chi connectivity index (χ0v) is 12.8. The molecule has 0 radical (unpaired) electrons. The lowest BCUT2D eigenvalue weighted by atomic mass is 9.99. The van der Waals surface area contributed by atoms with Crippen LogP contribution in [0.5, 0.6) is 0 Å². The van der Waals surface area contributed by atoms with Crippen molar-refractivity contribution in [1.82, 2.24) is 14.7 Å². The van der Waals surface area contributed by atoms with Crippen LogP contribution in [-0.4, -0.2) is 14.7 Å². The van der Waals surface area contributed by atoms with Gasteiger partial charge < -0.3 is 14.1 Å². The van der Waals surface area contributed by atoms with Gasteiger partial charge in [0.2, 0.25) is 0 Å². The summed E-state index contributed by atoms with van der Waals surface area (Å²) in [6.45, 7) is 1.89. The summed E-state index contributed by atoms with van der Waals surface area (Å²) < 4.78 is 7.29. The molecule has 5 nitrogen and oxygen atoms in total. The zero-order chi connectivity index (χ0) is 16.0. The Kier molecular flexibility index (Phi) is 2.94. The summed E-state index contributed by atoms with van der Waals surface area (Å²) in [4.78, 5) is 14.8. The van der Waals surface area contributed by atoms with Gasteiger partial charge in [-0.15, -0.1) is 0 Å². The number of rotatable bonds is 2. The van der Waals surface area contributed by atoms with Gasteiger partial charge in [0.1, 0.15) is 17.0 Å². The van der Waals surface area contributed by atoms with Crippen LogP contribution in [0.4, 0.5) is 0 Å². The maximum absolute atomic E-state index is 12.1. The number of hydrogen-bond acceptors (Lipinski definition) is 3. The molecule has 0 amide bonds. The third-order valence-electron chi connectivity index (χ3n) is 4.08. The first-order valence-corrected chi connectivity index (χ1v) is 7.35. The van der Waals surface area contributed by atoms with E-state index in [1.807, 2.05) is 61.1 Å². The number of aryl methyl sites for hydroxylation is 2. The smallest absolute Gasteiger partial charge is 0.272 e. The van der Waals surface area contributed by atoms with Crippen molar-refractivity contribution >= 4 is 10.9 Å². The molecule has 0 spiro atoms. The van der Waals surface area contributed by atoms with E-state index in [9.17, 15) is 4.79 Å². The topological polar surface area (TPSA) is 63.8 Å². The van der Waals surface area contributed by atoms with E-state index in [0.29, 0.717) is 5.52 Å². The van der Waals surface area contributed by atoms with Crippen molar-refractivity contribution in [2.45, 2.75) is 6.92 Å². The predicted octanol–water partition coefficient (Wildman–Crippen LogP) is 3.50. The van der Waals surface area contributed by atoms with E-state index in [-0.39, 0.29) is 5.56 Å². The molecule has 0 aliphatic rings. The van der Waals surface area contributed by atoms with Crippen molar-refractivity contribution < 1.29 is 4.52 Å². The fraction of sp³-hybridized carbons (Fsp3) is 0.111. The highest BCUT2D eigenvalue weighted by atomic mass is 16.5. The van der Waals surface area contributed by atoms with Crippen LogP contribution in [0.25, 0.3) is 33.3 Å². The molecule has 0 fully saturated rings. The molecule has 0 aliphatic heterocycles. The van der Waals surface area contributed by atoms with Gasteiger partial charge in [-0.25, -0.2) is 0 Å². The van der Waals surface area contributed by atoms with Crippen LogP contribution in [0.1, 0.15) is 5.76 Å². The molecule has 1 N–H and O–H groups in total. The zero-order valence-electron chi connectivity index (χ0n) is 12.8. The molecule has 5 heteroatoms. The number of aromatic nitrogens is 3. The third kappa shape index (κ3) is 2.01. The highest BCUT2D eigenvalue weighted by Gasteiger charge is 2.21. The van der Waals surface area contributed by atoms with Crippen LogP contribution in [0.3, 0.4) is 0 Å². The van der Waals surface area contributed by atoms with Crippen molar-refractivity contribution in [2.75, 3.05) is 0 Å². The Morgan fingerprint density at radius 3 is 2.74 bits per heavy atom. The Morgan fingerprint density at radius 1 is 1.17 bits per heavy atom. The van der Waals surface area contributed by atoms with Crippen molar-refractivity contribution in [3.8, 4) is 22.4 Å². The summed E-state index contributed by atoms with van der Waals surface area (Å²) in [5, 5.41) is 5.12. The maximum atomic E-state index is 12.1. The maximum Gasteiger partial charge on any atom is 0.272 e. The van der Waals surface area contributed by atoms with Crippen molar-refractivity contribution in [1.29, 1.82) is 0 Å². The average molecular weight is 305 g/mol. The molecule has 4 aromatic rings. The minimum atomic E-state index is -0.105. The first kappa shape index (κ1) is 13.6. The summed E-state index contributed by atoms with van der Waals surface area (Å²) in [5.41, 5.74) is 4.18. The van der Waals surface area contributed by atoms with E-state index < -0.39 is 0 Å². The first-order valence-electron chi connectivity index (χ1n) is 7.35. The molecule has 23 heavy (non-hydrogen) atoms. The summed E-state index contributed by atoms with van der Waals surface area (Å²) >= 11 is 0. The second-order valence-corrected chi connectivity index (χ2v) is 5.55. The molecule has 114 valence electrons. The molecule has 4 rings (SSSR count). The molecule has 3 heterocycles. The van der Waals surface area contributed by atoms with Crippen molar-refractivity contribution in [3.05, 3.63) is 64.9 Å². The minimum Gasteiger partial charge on any atom is -0.360 e. The molecular weight excluding hydrogens is 290 g/mol. The molecule has 0 saturated carbocycles. The predicted molar refractivity (Wildman–Crippen MR) is 89.2 cm³/mol. The van der Waals surface area contributed by atoms with Gasteiger partial charge in [0.05, 0.1) is 5.56 Å². The van der Waals surface area contributed by atoms with Gasteiger partial charge in [0, 0.05) is 36.0 Å². The van der Waals surface area contributed by atoms with E-state index in [4.69, 9.17) is 4.52 Å². The standard InChI is InChI=1S/C18H15N3O2/c1-11-15(16(20-23-11)12-6-4-3-5-7-12)14-10-21(2)17-13(14)8-9-19-18(17)22/h3-10H,1-2H3,(H,19,22). The Bertz CT molecular complexity index is 1060. The number of aromatic amines is 1. The SMILES string of the molecule is Cc1onc(-c2ccccc2)c1-c1cn(C)c2c(=O)[nH]ccc12. The highest BCUT2D eigenvalue weighted by molar-refractivity contribution is 5.99. The minimum absolute atomic E-state index is 0.105. The third-order valence-corrected chi connectivity index (χ3v) is 4.08. The Morgan fingerprint density at radius 2 is 1.96 bits per heavy atom. The molecule has 1 aromatic carbocycles. The molecular formula is C18H15N3O2. The highest BCUT2D eigenvalue weighted by Crippen LogP contribution is 2.37. The average Bonchev–Trinajstić information content (AvgIpc) is 3.09. The molecule has 3 aromatic heterocycles. The second-order valence-electron chi connectivity index (χ2n) is 5.55. The molecule has 0 bridgehead atoms. The summed E-state index contributed by atoms with van der Waals surface area (Å²) in [5.74, 6) is 0.733. The summed E-state index contributed by atoms with van der Waals surface area (Å²) in [7, 11) is 1.87. The Hall–Kier alpha value is -3.08. The van der Waals surface area contributed by atoms with Gasteiger partial charge in [-0.1, -0.05) is 35.5 Å². The Labute approximate surface area is 132 Å². The number of nitrogens with zero attached hydrogens (tertiary/aromatic N) is 2. The van der Waals surface area contributed by atoms with Crippen LogP contribution in [-0.2, 0) is 7.05 Å². The van der Waals surface area contributed by atoms with Gasteiger partial charge in [0.15, 0.2) is 0 Å². The number of H-pyrrole nitrogens is 1. The number of fused-ring (bicyclic) bond motifs is 1. The normalized spacial score (nSPS) is 11.2. The number of hydrogen-bond donors (Lipinski definition) is 1. The summed E-state index contributed by atoms with van der Waals surface area (Å²) in [6.07, 6.45) is 3.62. The van der Waals surface area contributed by atoms with Crippen molar-refractivity contribution in [3.63, 3.8) is 0 Å². The van der Waals surface area contributed by atoms with Crippen LogP contribution >= 0.6 is 0 Å². The van der Waals surface area contributed by atoms with Crippen LogP contribution in [0, 0.1) is 6.92 Å². The number of benzene rings is 1. The van der Waals surface area contributed by atoms with Gasteiger partial charge in [-0.2, -0.15) is 0 Å². The van der Waals surface area contributed by atoms with Crippen molar-refractivity contribution in [2.24, 2.45) is 7.05 Å². The van der Waals surface area contributed by atoms with Gasteiger partial charge in [-0.3, -0.25) is 4.79 Å². The Balaban J connectivity index is 2.06. The summed E-state index contributed by atoms with van der Waals surface area (Å²) in [6, 6.07) is 11.8. The van der Waals surface area contributed by atoms with E-state index in [1.54, 1.807) is 6.20 Å². The van der Waals surface area contributed by atoms with Crippen LogP contribution in [0.15, 0.2) is 58.1 Å². The number of nitrogens with one attached hydrogen (secondary N) is 1. The van der Waals surface area contributed by atoms with Crippen LogP contribution in [0.2, 0.25) is 0 Å². The quantitative estimate of drug-likeness (QED) is 0.616. The van der Waals surface area contributed by atoms with E-state index in [0.717, 1.165) is 33.5 Å². The molecule has 0 aliphatic carbocycles. The molecule has 0 saturated heterocycles. The lowest BCUT2D eigenvalue weighted by Crippen LogP contribution is -2.07. The lowest BCUT2D eigenvalue weighted by molar-refractivity contribution is 0.400. The first-order chi connectivity index (χ1) is 11.2.